The molecule has 0 radical (unpaired) electrons. The lowest BCUT2D eigenvalue weighted by Gasteiger charge is -2.51. The number of ether oxygens (including phenoxy) is 6. The summed E-state index contributed by atoms with van der Waals surface area (Å²) in [5.41, 5.74) is 0.717. The highest BCUT2D eigenvalue weighted by Crippen LogP contribution is 2.38. The maximum atomic E-state index is 12.8. The van der Waals surface area contributed by atoms with Crippen LogP contribution in [0, 0.1) is 0 Å². The lowest BCUT2D eigenvalue weighted by atomic mass is 9.88. The number of carboxylic acids is 1. The maximum absolute atomic E-state index is 12.8. The van der Waals surface area contributed by atoms with Gasteiger partial charge in [-0.25, -0.2) is 4.79 Å². The van der Waals surface area contributed by atoms with Gasteiger partial charge in [-0.15, -0.1) is 0 Å². The summed E-state index contributed by atoms with van der Waals surface area (Å²) >= 11 is 0. The highest BCUT2D eigenvalue weighted by Gasteiger charge is 2.60. The highest BCUT2D eigenvalue weighted by atomic mass is 16.8. The smallest absolute Gasteiger partial charge is 0.364 e. The van der Waals surface area contributed by atoms with Gasteiger partial charge in [-0.3, -0.25) is 9.59 Å². The highest BCUT2D eigenvalue weighted by molar-refractivity contribution is 5.76. The Kier molecular flexibility index (Phi) is 15.0. The van der Waals surface area contributed by atoms with Gasteiger partial charge in [0, 0.05) is 20.3 Å². The molecule has 0 aliphatic carbocycles. The van der Waals surface area contributed by atoms with Crippen LogP contribution in [0.4, 0.5) is 0 Å². The minimum absolute atomic E-state index is 0.0258. The molecule has 0 aromatic heterocycles. The number of nitrogens with one attached hydrogen (secondary N) is 2. The van der Waals surface area contributed by atoms with E-state index in [2.05, 4.69) is 10.6 Å². The summed E-state index contributed by atoms with van der Waals surface area (Å²) in [4.78, 5) is 36.8. The molecule has 3 aliphatic rings. The van der Waals surface area contributed by atoms with Crippen molar-refractivity contribution in [1.29, 1.82) is 0 Å². The van der Waals surface area contributed by atoms with E-state index in [9.17, 15) is 65.4 Å². The molecule has 3 aliphatic heterocycles. The van der Waals surface area contributed by atoms with Crippen LogP contribution in [0.3, 0.4) is 0 Å². The number of aliphatic carboxylic acids is 1. The zero-order valence-corrected chi connectivity index (χ0v) is 28.7. The fourth-order valence-corrected chi connectivity index (χ4v) is 6.45. The quantitative estimate of drug-likeness (QED) is 0.0791. The van der Waals surface area contributed by atoms with Crippen LogP contribution in [0.25, 0.3) is 0 Å². The molecule has 1 aromatic rings. The second kappa shape index (κ2) is 18.6. The molecule has 300 valence electrons. The monoisotopic (exact) mass is 764 g/mol. The molecule has 1 aromatic carbocycles. The van der Waals surface area contributed by atoms with Gasteiger partial charge in [0.15, 0.2) is 12.6 Å². The van der Waals surface area contributed by atoms with Gasteiger partial charge in [-0.05, 0) is 5.56 Å². The zero-order chi connectivity index (χ0) is 39.2. The zero-order valence-electron chi connectivity index (χ0n) is 28.7. The predicted molar refractivity (Wildman–Crippen MR) is 171 cm³/mol. The number of hydrogen-bond acceptors (Lipinski definition) is 18. The molecule has 12 N–H and O–H groups in total. The molecule has 4 rings (SSSR count). The van der Waals surface area contributed by atoms with Gasteiger partial charge in [0.25, 0.3) is 5.79 Å². The van der Waals surface area contributed by atoms with Crippen molar-refractivity contribution in [2.45, 2.75) is 124 Å². The number of amides is 2. The number of carboxylic acid groups (broad SMARTS) is 1. The van der Waals surface area contributed by atoms with E-state index in [1.807, 2.05) is 0 Å². The summed E-state index contributed by atoms with van der Waals surface area (Å²) in [7, 11) is 0. The lowest BCUT2D eigenvalue weighted by molar-refractivity contribution is -0.383. The largest absolute Gasteiger partial charge is 0.477 e. The fraction of sp³-hybridized carbons (Fsp3) is 0.719. The van der Waals surface area contributed by atoms with Crippen LogP contribution in [0.1, 0.15) is 25.8 Å². The topological polar surface area (TPSA) is 333 Å². The molecular weight excluding hydrogens is 716 g/mol. The van der Waals surface area contributed by atoms with Crippen molar-refractivity contribution in [3.63, 3.8) is 0 Å². The molecule has 21 nitrogen and oxygen atoms in total. The van der Waals surface area contributed by atoms with E-state index in [1.165, 1.54) is 0 Å². The second-order valence-corrected chi connectivity index (χ2v) is 13.0. The molecule has 16 atom stereocenters. The minimum Gasteiger partial charge on any atom is -0.477 e. The van der Waals surface area contributed by atoms with Crippen LogP contribution in [0.5, 0.6) is 0 Å². The summed E-state index contributed by atoms with van der Waals surface area (Å²) in [5.74, 6) is -6.36. The number of aliphatic hydroxyl groups excluding tert-OH is 9. The number of aliphatic hydroxyl groups is 9. The van der Waals surface area contributed by atoms with Gasteiger partial charge < -0.3 is 90.1 Å². The first kappa shape index (κ1) is 42.8. The van der Waals surface area contributed by atoms with E-state index in [4.69, 9.17) is 28.4 Å². The maximum Gasteiger partial charge on any atom is 0.364 e. The third-order valence-corrected chi connectivity index (χ3v) is 9.11. The van der Waals surface area contributed by atoms with Crippen molar-refractivity contribution in [2.75, 3.05) is 19.8 Å². The van der Waals surface area contributed by atoms with E-state index in [1.54, 1.807) is 30.3 Å². The lowest BCUT2D eigenvalue weighted by Crippen LogP contribution is -2.71. The third kappa shape index (κ3) is 9.83. The van der Waals surface area contributed by atoms with Gasteiger partial charge in [0.1, 0.15) is 67.1 Å². The summed E-state index contributed by atoms with van der Waals surface area (Å²) in [6, 6.07) is 5.94. The van der Waals surface area contributed by atoms with E-state index >= 15 is 0 Å². The molecule has 2 amide bonds. The SMILES string of the molecule is CC(=O)N[C@H]1[C@H](OCc2ccccc2)O[C@H](CO)[C@@H](O[C@@H]2O[C@H](CO)[C@H](O)[C@H](O[C@]3(C(=O)O)C[C@H](O)[C@@H](NC(C)=O)[C@H]([C@H](O)[C@H](O)CO)O3)[C@H]2O)[C@@H]1O. The molecule has 0 bridgehead atoms. The standard InChI is InChI=1S/C32H48N2O19/c1-13(38)33-20-16(40)8-32(31(46)47,52-27(20)22(42)17(41)9-35)53-28-23(43)18(10-36)49-30(25(28)45)51-26-19(11-37)50-29(21(24(26)44)34-14(2)39)48-12-15-6-4-3-5-7-15/h3-7,16-30,35-37,40-45H,8-12H2,1-2H3,(H,33,38)(H,34,39)(H,46,47)/t16-,17+,18+,19+,20+,21+,22+,23-,24+,25+,26+,27+,28-,29+,30-,32-/m0/s1. The minimum atomic E-state index is -3.04. The van der Waals surface area contributed by atoms with Crippen LogP contribution in [0.2, 0.25) is 0 Å². The normalized spacial score (nSPS) is 38.7. The van der Waals surface area contributed by atoms with Crippen LogP contribution in [-0.4, -0.2) is 186 Å². The van der Waals surface area contributed by atoms with Gasteiger partial charge in [-0.2, -0.15) is 0 Å². The molecule has 0 saturated carbocycles. The average molecular weight is 765 g/mol. The number of benzene rings is 1. The van der Waals surface area contributed by atoms with E-state index in [0.717, 1.165) is 13.8 Å². The Bertz CT molecular complexity index is 1360. The summed E-state index contributed by atoms with van der Waals surface area (Å²) in [6.07, 6.45) is -25.0. The number of rotatable bonds is 15. The molecule has 21 heteroatoms. The first-order valence-electron chi connectivity index (χ1n) is 16.7. The first-order chi connectivity index (χ1) is 25.1. The van der Waals surface area contributed by atoms with Crippen molar-refractivity contribution >= 4 is 17.8 Å². The van der Waals surface area contributed by atoms with Crippen LogP contribution < -0.4 is 10.6 Å². The number of carbonyl (C=O) groups is 3. The molecule has 53 heavy (non-hydrogen) atoms. The summed E-state index contributed by atoms with van der Waals surface area (Å²) in [6.45, 7) is -0.642. The molecular formula is C32H48N2O19. The predicted octanol–water partition coefficient (Wildman–Crippen LogP) is -5.86. The third-order valence-electron chi connectivity index (χ3n) is 9.11. The Morgan fingerprint density at radius 3 is 2.02 bits per heavy atom. The Balaban J connectivity index is 1.61. The molecule has 3 heterocycles. The van der Waals surface area contributed by atoms with Crippen molar-refractivity contribution in [3.05, 3.63) is 35.9 Å². The Labute approximate surface area is 302 Å². The van der Waals surface area contributed by atoms with Crippen molar-refractivity contribution < 1.29 is 93.9 Å². The molecule has 0 unspecified atom stereocenters. The van der Waals surface area contributed by atoms with Crippen LogP contribution >= 0.6 is 0 Å². The summed E-state index contributed by atoms with van der Waals surface area (Å²) in [5, 5.41) is 111. The Morgan fingerprint density at radius 1 is 0.849 bits per heavy atom. The van der Waals surface area contributed by atoms with Crippen molar-refractivity contribution in [3.8, 4) is 0 Å². The van der Waals surface area contributed by atoms with Crippen LogP contribution in [-0.2, 0) is 49.4 Å². The second-order valence-electron chi connectivity index (χ2n) is 13.0. The molecule has 3 saturated heterocycles. The molecule has 0 spiro atoms. The number of hydrogen-bond donors (Lipinski definition) is 12. The summed E-state index contributed by atoms with van der Waals surface area (Å²) < 4.78 is 34.4. The fourth-order valence-electron chi connectivity index (χ4n) is 6.45. The van der Waals surface area contributed by atoms with E-state index < -0.39 is 142 Å². The average Bonchev–Trinajstić information content (AvgIpc) is 3.12. The van der Waals surface area contributed by atoms with Gasteiger partial charge in [0.2, 0.25) is 11.8 Å². The number of carbonyl (C=O) groups excluding carboxylic acids is 2. The van der Waals surface area contributed by atoms with Gasteiger partial charge >= 0.3 is 5.97 Å². The van der Waals surface area contributed by atoms with Gasteiger partial charge in [0.05, 0.1) is 38.6 Å². The van der Waals surface area contributed by atoms with E-state index in [-0.39, 0.29) is 6.61 Å². The Morgan fingerprint density at radius 2 is 1.45 bits per heavy atom. The van der Waals surface area contributed by atoms with Gasteiger partial charge in [-0.1, -0.05) is 30.3 Å². The first-order valence-corrected chi connectivity index (χ1v) is 16.7. The Hall–Kier alpha value is -2.97. The van der Waals surface area contributed by atoms with Crippen molar-refractivity contribution in [1.82, 2.24) is 10.6 Å². The molecule has 3 fully saturated rings. The van der Waals surface area contributed by atoms with E-state index in [0.29, 0.717) is 5.56 Å². The van der Waals surface area contributed by atoms with Crippen LogP contribution in [0.15, 0.2) is 30.3 Å². The van der Waals surface area contributed by atoms with Crippen molar-refractivity contribution in [2.24, 2.45) is 0 Å².